The lowest BCUT2D eigenvalue weighted by atomic mass is 9.68. The Balaban J connectivity index is 1.46. The molecule has 0 spiro atoms. The zero-order chi connectivity index (χ0) is 21.1. The summed E-state index contributed by atoms with van der Waals surface area (Å²) in [6, 6.07) is 0. The first-order valence-electron chi connectivity index (χ1n) is 12.0. The molecule has 0 bridgehead atoms. The predicted molar refractivity (Wildman–Crippen MR) is 111 cm³/mol. The van der Waals surface area contributed by atoms with Crippen LogP contribution in [0.2, 0.25) is 0 Å². The highest BCUT2D eigenvalue weighted by Crippen LogP contribution is 2.50. The molecule has 0 aromatic heterocycles. The number of allylic oxidation sites excluding steroid dienone is 4. The molecular weight excluding hydrogens is 376 g/mol. The highest BCUT2D eigenvalue weighted by Gasteiger charge is 2.60. The van der Waals surface area contributed by atoms with Crippen LogP contribution in [0.5, 0.6) is 0 Å². The molecule has 0 aromatic rings. The summed E-state index contributed by atoms with van der Waals surface area (Å²) in [5, 5.41) is 0. The number of hydrogen-bond acceptors (Lipinski definition) is 0. The quantitative estimate of drug-likeness (QED) is 0.365. The Morgan fingerprint density at radius 1 is 0.690 bits per heavy atom. The van der Waals surface area contributed by atoms with Crippen molar-refractivity contribution in [2.75, 3.05) is 0 Å². The van der Waals surface area contributed by atoms with Gasteiger partial charge in [0.1, 0.15) is 0 Å². The summed E-state index contributed by atoms with van der Waals surface area (Å²) >= 11 is 0. The minimum atomic E-state index is -4.04. The molecule has 0 amide bonds. The lowest BCUT2D eigenvalue weighted by Crippen LogP contribution is -2.45. The van der Waals surface area contributed by atoms with Gasteiger partial charge in [-0.1, -0.05) is 64.5 Å². The van der Waals surface area contributed by atoms with E-state index >= 15 is 0 Å². The van der Waals surface area contributed by atoms with E-state index in [1.54, 1.807) is 0 Å². The van der Waals surface area contributed by atoms with Gasteiger partial charge in [-0.05, 0) is 68.6 Å². The van der Waals surface area contributed by atoms with E-state index in [-0.39, 0.29) is 18.4 Å². The van der Waals surface area contributed by atoms with Crippen LogP contribution in [0, 0.1) is 23.7 Å². The van der Waals surface area contributed by atoms with Crippen LogP contribution in [0.3, 0.4) is 0 Å². The first-order valence-corrected chi connectivity index (χ1v) is 12.0. The van der Waals surface area contributed by atoms with Crippen molar-refractivity contribution < 1.29 is 17.6 Å². The molecule has 0 nitrogen and oxygen atoms in total. The summed E-state index contributed by atoms with van der Waals surface area (Å²) < 4.78 is 57.0. The largest absolute Gasteiger partial charge is 0.335 e. The Labute approximate surface area is 174 Å². The molecule has 3 aliphatic rings. The minimum Gasteiger partial charge on any atom is -0.194 e. The fraction of sp³-hybridized carbons (Fsp3) is 0.840. The van der Waals surface area contributed by atoms with Gasteiger partial charge in [-0.25, -0.2) is 0 Å². The van der Waals surface area contributed by atoms with Crippen LogP contribution in [0.25, 0.3) is 0 Å². The van der Waals surface area contributed by atoms with Crippen molar-refractivity contribution in [1.29, 1.82) is 0 Å². The van der Waals surface area contributed by atoms with E-state index in [2.05, 4.69) is 6.92 Å². The maximum absolute atomic E-state index is 14.4. The third kappa shape index (κ3) is 4.93. The van der Waals surface area contributed by atoms with Crippen LogP contribution in [0.1, 0.15) is 97.3 Å². The molecule has 4 heteroatoms. The van der Waals surface area contributed by atoms with E-state index in [9.17, 15) is 17.6 Å². The summed E-state index contributed by atoms with van der Waals surface area (Å²) in [4.78, 5) is 0. The van der Waals surface area contributed by atoms with Gasteiger partial charge in [-0.15, -0.1) is 0 Å². The Hall–Kier alpha value is -0.800. The number of hydrogen-bond donors (Lipinski definition) is 0. The second-order valence-electron chi connectivity index (χ2n) is 9.78. The molecular formula is C25H38F4. The Morgan fingerprint density at radius 3 is 1.62 bits per heavy atom. The SMILES string of the molecule is CCCC1CCC(C2CCC(CCC3=CC=C(CC)C(F)(F)C3(F)F)CC2)CC1. The average molecular weight is 415 g/mol. The Kier molecular flexibility index (Phi) is 7.54. The molecule has 2 saturated carbocycles. The summed E-state index contributed by atoms with van der Waals surface area (Å²) in [6.45, 7) is 3.77. The van der Waals surface area contributed by atoms with Crippen LogP contribution >= 0.6 is 0 Å². The van der Waals surface area contributed by atoms with Crippen LogP contribution in [-0.2, 0) is 0 Å². The molecule has 29 heavy (non-hydrogen) atoms. The van der Waals surface area contributed by atoms with Crippen molar-refractivity contribution >= 4 is 0 Å². The molecule has 3 rings (SSSR count). The van der Waals surface area contributed by atoms with Gasteiger partial charge < -0.3 is 0 Å². The van der Waals surface area contributed by atoms with Crippen molar-refractivity contribution in [3.05, 3.63) is 23.3 Å². The maximum atomic E-state index is 14.4. The highest BCUT2D eigenvalue weighted by molar-refractivity contribution is 5.37. The van der Waals surface area contributed by atoms with E-state index < -0.39 is 17.4 Å². The molecule has 0 atom stereocenters. The normalized spacial score (nSPS) is 34.4. The van der Waals surface area contributed by atoms with E-state index in [0.29, 0.717) is 12.3 Å². The smallest absolute Gasteiger partial charge is 0.194 e. The van der Waals surface area contributed by atoms with Crippen molar-refractivity contribution in [1.82, 2.24) is 0 Å². The Bertz CT molecular complexity index is 588. The third-order valence-corrected chi connectivity index (χ3v) is 8.04. The highest BCUT2D eigenvalue weighted by atomic mass is 19.3. The first-order chi connectivity index (χ1) is 13.8. The number of rotatable bonds is 7. The minimum absolute atomic E-state index is 0.0449. The third-order valence-electron chi connectivity index (χ3n) is 8.04. The zero-order valence-electron chi connectivity index (χ0n) is 18.2. The summed E-state index contributed by atoms with van der Waals surface area (Å²) in [5.41, 5.74) is -0.837. The molecule has 0 unspecified atom stereocenters. The van der Waals surface area contributed by atoms with E-state index in [1.807, 2.05) is 0 Å². The van der Waals surface area contributed by atoms with Gasteiger partial charge in [0.25, 0.3) is 0 Å². The molecule has 2 fully saturated rings. The van der Waals surface area contributed by atoms with Crippen molar-refractivity contribution in [2.45, 2.75) is 109 Å². The van der Waals surface area contributed by atoms with Gasteiger partial charge in [-0.2, -0.15) is 17.6 Å². The molecule has 166 valence electrons. The van der Waals surface area contributed by atoms with Crippen LogP contribution in [-0.4, -0.2) is 11.8 Å². The zero-order valence-corrected chi connectivity index (χ0v) is 18.2. The van der Waals surface area contributed by atoms with Crippen molar-refractivity contribution in [3.8, 4) is 0 Å². The van der Waals surface area contributed by atoms with E-state index in [0.717, 1.165) is 30.6 Å². The van der Waals surface area contributed by atoms with Gasteiger partial charge in [0.15, 0.2) is 0 Å². The summed E-state index contributed by atoms with van der Waals surface area (Å²) in [6.07, 6.45) is 15.8. The molecule has 0 aromatic carbocycles. The van der Waals surface area contributed by atoms with Gasteiger partial charge >= 0.3 is 11.8 Å². The lowest BCUT2D eigenvalue weighted by Gasteiger charge is -2.38. The number of alkyl halides is 4. The molecule has 0 aliphatic heterocycles. The van der Waals surface area contributed by atoms with E-state index in [1.165, 1.54) is 70.4 Å². The van der Waals surface area contributed by atoms with Crippen molar-refractivity contribution in [2.24, 2.45) is 23.7 Å². The second-order valence-corrected chi connectivity index (χ2v) is 9.78. The van der Waals surface area contributed by atoms with Crippen LogP contribution in [0.4, 0.5) is 17.6 Å². The maximum Gasteiger partial charge on any atom is 0.335 e. The van der Waals surface area contributed by atoms with Gasteiger partial charge in [0.2, 0.25) is 0 Å². The fourth-order valence-corrected chi connectivity index (χ4v) is 6.06. The summed E-state index contributed by atoms with van der Waals surface area (Å²) in [5.74, 6) is -5.10. The van der Waals surface area contributed by atoms with Crippen LogP contribution in [0.15, 0.2) is 23.3 Å². The molecule has 0 heterocycles. The predicted octanol–water partition coefficient (Wildman–Crippen LogP) is 8.73. The number of halogens is 4. The van der Waals surface area contributed by atoms with Crippen molar-refractivity contribution in [3.63, 3.8) is 0 Å². The molecule has 0 radical (unpaired) electrons. The topological polar surface area (TPSA) is 0 Å². The first kappa shape index (κ1) is 22.9. The monoisotopic (exact) mass is 414 g/mol. The van der Waals surface area contributed by atoms with E-state index in [4.69, 9.17) is 0 Å². The molecule has 0 N–H and O–H groups in total. The summed E-state index contributed by atoms with van der Waals surface area (Å²) in [7, 11) is 0. The average Bonchev–Trinajstić information content (AvgIpc) is 2.70. The molecule has 0 saturated heterocycles. The van der Waals surface area contributed by atoms with Gasteiger partial charge in [0.05, 0.1) is 0 Å². The lowest BCUT2D eigenvalue weighted by molar-refractivity contribution is -0.165. The Morgan fingerprint density at radius 2 is 1.14 bits per heavy atom. The molecule has 3 aliphatic carbocycles. The van der Waals surface area contributed by atoms with Crippen LogP contribution < -0.4 is 0 Å². The second kappa shape index (κ2) is 9.56. The fourth-order valence-electron chi connectivity index (χ4n) is 6.06. The van der Waals surface area contributed by atoms with Gasteiger partial charge in [0, 0.05) is 11.1 Å². The standard InChI is InChI=1S/C25H38F4/c1-3-5-18-6-11-20(12-7-18)21-13-8-19(9-14-21)10-15-23-17-16-22(4-2)24(26,27)25(23,28)29/h16-21H,3-15H2,1-2H3. The van der Waals surface area contributed by atoms with Gasteiger partial charge in [-0.3, -0.25) is 0 Å².